The summed E-state index contributed by atoms with van der Waals surface area (Å²) in [5.41, 5.74) is 1.20. The van der Waals surface area contributed by atoms with Gasteiger partial charge in [0.1, 0.15) is 6.07 Å². The molecule has 0 aromatic heterocycles. The Labute approximate surface area is 91.7 Å². The van der Waals surface area contributed by atoms with Crippen molar-refractivity contribution in [3.63, 3.8) is 0 Å². The fourth-order valence-corrected chi connectivity index (χ4v) is 1.29. The maximum atomic E-state index is 8.63. The summed E-state index contributed by atoms with van der Waals surface area (Å²) >= 11 is 0. The minimum absolute atomic E-state index is 0.541. The molecule has 0 heterocycles. The van der Waals surface area contributed by atoms with E-state index < -0.39 is 0 Å². The maximum absolute atomic E-state index is 8.63. The van der Waals surface area contributed by atoms with Gasteiger partial charge in [0.25, 0.3) is 0 Å². The standard InChI is InChI=1S/C13H17N2/c1-15(2,12-10-14)11-6-9-13-7-4-3-5-8-13/h3-9H,11-12H2,1-2H3/q+1/b9-6+. The first-order valence-corrected chi connectivity index (χ1v) is 5.04. The Hall–Kier alpha value is -1.59. The van der Waals surface area contributed by atoms with Gasteiger partial charge >= 0.3 is 0 Å². The van der Waals surface area contributed by atoms with E-state index in [4.69, 9.17) is 5.26 Å². The summed E-state index contributed by atoms with van der Waals surface area (Å²) in [4.78, 5) is 0. The molecule has 0 bridgehead atoms. The third-order valence-corrected chi connectivity index (χ3v) is 2.21. The van der Waals surface area contributed by atoms with Gasteiger partial charge in [0.15, 0.2) is 6.54 Å². The Morgan fingerprint density at radius 3 is 2.53 bits per heavy atom. The predicted octanol–water partition coefficient (Wildman–Crippen LogP) is 2.30. The van der Waals surface area contributed by atoms with Crippen LogP contribution in [0.25, 0.3) is 6.08 Å². The van der Waals surface area contributed by atoms with Crippen LogP contribution >= 0.6 is 0 Å². The lowest BCUT2D eigenvalue weighted by Gasteiger charge is -2.24. The van der Waals surface area contributed by atoms with Crippen molar-refractivity contribution >= 4 is 6.08 Å². The minimum Gasteiger partial charge on any atom is -0.313 e. The average molecular weight is 201 g/mol. The molecule has 0 atom stereocenters. The number of hydrogen-bond acceptors (Lipinski definition) is 1. The first-order chi connectivity index (χ1) is 7.14. The molecule has 0 fully saturated rings. The van der Waals surface area contributed by atoms with Crippen LogP contribution < -0.4 is 0 Å². The zero-order valence-electron chi connectivity index (χ0n) is 9.35. The van der Waals surface area contributed by atoms with E-state index in [1.807, 2.05) is 18.2 Å². The summed E-state index contributed by atoms with van der Waals surface area (Å²) < 4.78 is 0.708. The highest BCUT2D eigenvalue weighted by molar-refractivity contribution is 5.48. The molecule has 2 nitrogen and oxygen atoms in total. The molecular formula is C13H17N2+. The van der Waals surface area contributed by atoms with E-state index >= 15 is 0 Å². The summed E-state index contributed by atoms with van der Waals surface area (Å²) in [5, 5.41) is 8.63. The van der Waals surface area contributed by atoms with Crippen molar-refractivity contribution in [3.05, 3.63) is 42.0 Å². The summed E-state index contributed by atoms with van der Waals surface area (Å²) in [6.45, 7) is 1.42. The van der Waals surface area contributed by atoms with Crippen LogP contribution in [0, 0.1) is 11.3 Å². The van der Waals surface area contributed by atoms with Gasteiger partial charge in [-0.1, -0.05) is 36.4 Å². The molecule has 0 saturated heterocycles. The van der Waals surface area contributed by atoms with Crippen LogP contribution in [0.3, 0.4) is 0 Å². The van der Waals surface area contributed by atoms with Gasteiger partial charge in [-0.2, -0.15) is 5.26 Å². The molecule has 0 aliphatic rings. The van der Waals surface area contributed by atoms with Crippen molar-refractivity contribution in [1.29, 1.82) is 5.26 Å². The van der Waals surface area contributed by atoms with Crippen molar-refractivity contribution in [2.75, 3.05) is 27.2 Å². The molecule has 2 heteroatoms. The van der Waals surface area contributed by atoms with Gasteiger partial charge < -0.3 is 4.48 Å². The average Bonchev–Trinajstić information content (AvgIpc) is 2.19. The Morgan fingerprint density at radius 1 is 1.27 bits per heavy atom. The van der Waals surface area contributed by atoms with E-state index in [1.54, 1.807) is 0 Å². The predicted molar refractivity (Wildman–Crippen MR) is 62.9 cm³/mol. The van der Waals surface area contributed by atoms with Crippen molar-refractivity contribution < 1.29 is 4.48 Å². The van der Waals surface area contributed by atoms with Crippen LogP contribution in [0.5, 0.6) is 0 Å². The van der Waals surface area contributed by atoms with Crippen LogP contribution in [0.15, 0.2) is 36.4 Å². The summed E-state index contributed by atoms with van der Waals surface area (Å²) in [6, 6.07) is 12.4. The SMILES string of the molecule is C[N+](C)(CC#N)C/C=C/c1ccccc1. The van der Waals surface area contributed by atoms with Gasteiger partial charge in [-0.15, -0.1) is 0 Å². The van der Waals surface area contributed by atoms with Crippen LogP contribution in [-0.4, -0.2) is 31.7 Å². The highest BCUT2D eigenvalue weighted by atomic mass is 15.3. The Kier molecular flexibility index (Phi) is 4.08. The molecular weight excluding hydrogens is 184 g/mol. The normalized spacial score (nSPS) is 11.5. The monoisotopic (exact) mass is 201 g/mol. The number of benzene rings is 1. The van der Waals surface area contributed by atoms with Crippen LogP contribution in [0.4, 0.5) is 0 Å². The molecule has 1 rings (SSSR count). The maximum Gasteiger partial charge on any atom is 0.166 e. The fraction of sp³-hybridized carbons (Fsp3) is 0.308. The molecule has 0 saturated carbocycles. The molecule has 0 N–H and O–H groups in total. The van der Waals surface area contributed by atoms with E-state index in [2.05, 4.69) is 44.4 Å². The molecule has 0 aliphatic heterocycles. The topological polar surface area (TPSA) is 23.8 Å². The van der Waals surface area contributed by atoms with Gasteiger partial charge in [-0.25, -0.2) is 0 Å². The zero-order chi connectivity index (χ0) is 11.1. The van der Waals surface area contributed by atoms with Crippen LogP contribution in [0.2, 0.25) is 0 Å². The highest BCUT2D eigenvalue weighted by Gasteiger charge is 2.10. The molecule has 0 radical (unpaired) electrons. The summed E-state index contributed by atoms with van der Waals surface area (Å²) in [7, 11) is 4.11. The minimum atomic E-state index is 0.541. The van der Waals surface area contributed by atoms with Crippen LogP contribution in [0.1, 0.15) is 5.56 Å². The summed E-state index contributed by atoms with van der Waals surface area (Å²) in [5.74, 6) is 0. The van der Waals surface area contributed by atoms with E-state index in [0.29, 0.717) is 11.0 Å². The van der Waals surface area contributed by atoms with Gasteiger partial charge in [-0.05, 0) is 11.6 Å². The van der Waals surface area contributed by atoms with Crippen molar-refractivity contribution in [3.8, 4) is 6.07 Å². The van der Waals surface area contributed by atoms with Gasteiger partial charge in [-0.3, -0.25) is 0 Å². The lowest BCUT2D eigenvalue weighted by Crippen LogP contribution is -2.39. The van der Waals surface area contributed by atoms with E-state index in [0.717, 1.165) is 6.54 Å². The van der Waals surface area contributed by atoms with Gasteiger partial charge in [0.2, 0.25) is 0 Å². The first-order valence-electron chi connectivity index (χ1n) is 5.04. The Bertz CT molecular complexity index is 358. The van der Waals surface area contributed by atoms with E-state index in [1.165, 1.54) is 5.56 Å². The number of nitriles is 1. The Morgan fingerprint density at radius 2 is 1.93 bits per heavy atom. The number of quaternary nitrogens is 1. The number of hydrogen-bond donors (Lipinski definition) is 0. The molecule has 1 aromatic carbocycles. The molecule has 0 unspecified atom stereocenters. The quantitative estimate of drug-likeness (QED) is 0.541. The lowest BCUT2D eigenvalue weighted by atomic mass is 10.2. The largest absolute Gasteiger partial charge is 0.313 e. The lowest BCUT2D eigenvalue weighted by molar-refractivity contribution is -0.877. The van der Waals surface area contributed by atoms with Crippen molar-refractivity contribution in [2.45, 2.75) is 0 Å². The van der Waals surface area contributed by atoms with Gasteiger partial charge in [0.05, 0.1) is 20.6 Å². The molecule has 1 aromatic rings. The highest BCUT2D eigenvalue weighted by Crippen LogP contribution is 2.02. The van der Waals surface area contributed by atoms with E-state index in [9.17, 15) is 0 Å². The second-order valence-electron chi connectivity index (χ2n) is 4.25. The zero-order valence-corrected chi connectivity index (χ0v) is 9.35. The summed E-state index contributed by atoms with van der Waals surface area (Å²) in [6.07, 6.45) is 4.21. The Balaban J connectivity index is 2.51. The number of nitrogens with zero attached hydrogens (tertiary/aromatic N) is 2. The third-order valence-electron chi connectivity index (χ3n) is 2.21. The molecule has 0 amide bonds. The molecule has 0 spiro atoms. The fourth-order valence-electron chi connectivity index (χ4n) is 1.29. The second kappa shape index (κ2) is 5.33. The second-order valence-corrected chi connectivity index (χ2v) is 4.25. The molecule has 0 aliphatic carbocycles. The first kappa shape index (κ1) is 11.5. The van der Waals surface area contributed by atoms with E-state index in [-0.39, 0.29) is 0 Å². The molecule has 15 heavy (non-hydrogen) atoms. The van der Waals surface area contributed by atoms with Gasteiger partial charge in [0, 0.05) is 0 Å². The number of likely N-dealkylation sites (N-methyl/N-ethyl adjacent to an activating group) is 1. The molecule has 78 valence electrons. The number of rotatable bonds is 4. The van der Waals surface area contributed by atoms with Crippen LogP contribution in [-0.2, 0) is 0 Å². The smallest absolute Gasteiger partial charge is 0.166 e. The van der Waals surface area contributed by atoms with Crippen molar-refractivity contribution in [2.24, 2.45) is 0 Å². The van der Waals surface area contributed by atoms with Crippen molar-refractivity contribution in [1.82, 2.24) is 0 Å². The third kappa shape index (κ3) is 4.44.